The predicted molar refractivity (Wildman–Crippen MR) is 91.6 cm³/mol. The third-order valence-electron chi connectivity index (χ3n) is 3.00. The molecule has 0 spiro atoms. The molecule has 0 saturated carbocycles. The summed E-state index contributed by atoms with van der Waals surface area (Å²) in [5, 5.41) is 6.58. The fourth-order valence-corrected chi connectivity index (χ4v) is 2.45. The van der Waals surface area contributed by atoms with Crippen LogP contribution in [0.4, 0.5) is 0 Å². The van der Waals surface area contributed by atoms with Crippen molar-refractivity contribution in [2.24, 2.45) is 10.4 Å². The Morgan fingerprint density at radius 2 is 1.90 bits per heavy atom. The van der Waals surface area contributed by atoms with Gasteiger partial charge < -0.3 is 10.6 Å². The molecule has 0 fully saturated rings. The van der Waals surface area contributed by atoms with E-state index in [1.165, 1.54) is 6.26 Å². The lowest BCUT2D eigenvalue weighted by Crippen LogP contribution is -2.42. The van der Waals surface area contributed by atoms with Crippen LogP contribution in [-0.2, 0) is 9.84 Å². The summed E-state index contributed by atoms with van der Waals surface area (Å²) in [6.45, 7) is 12.2. The van der Waals surface area contributed by atoms with Gasteiger partial charge in [-0.2, -0.15) is 0 Å². The second kappa shape index (κ2) is 9.28. The van der Waals surface area contributed by atoms with Gasteiger partial charge in [0, 0.05) is 25.4 Å². The third-order valence-corrected chi connectivity index (χ3v) is 4.03. The van der Waals surface area contributed by atoms with Crippen LogP contribution in [0.2, 0.25) is 0 Å². The first kappa shape index (κ1) is 20.2. The van der Waals surface area contributed by atoms with E-state index in [0.717, 1.165) is 25.3 Å². The van der Waals surface area contributed by atoms with Crippen molar-refractivity contribution in [3.63, 3.8) is 0 Å². The van der Waals surface area contributed by atoms with Gasteiger partial charge >= 0.3 is 0 Å². The molecule has 0 saturated heterocycles. The monoisotopic (exact) mass is 319 g/mol. The molecular weight excluding hydrogens is 286 g/mol. The molecular formula is C15H33N3O2S. The second-order valence-electron chi connectivity index (χ2n) is 6.89. The highest BCUT2D eigenvalue weighted by Gasteiger charge is 2.13. The maximum absolute atomic E-state index is 11.1. The Labute approximate surface area is 130 Å². The van der Waals surface area contributed by atoms with Crippen LogP contribution in [0.15, 0.2) is 4.99 Å². The van der Waals surface area contributed by atoms with E-state index in [4.69, 9.17) is 0 Å². The van der Waals surface area contributed by atoms with E-state index in [1.54, 1.807) is 0 Å². The van der Waals surface area contributed by atoms with Gasteiger partial charge in [0.05, 0.1) is 5.75 Å². The fourth-order valence-electron chi connectivity index (χ4n) is 1.79. The summed E-state index contributed by atoms with van der Waals surface area (Å²) in [5.41, 5.74) is 0.334. The minimum atomic E-state index is -2.89. The van der Waals surface area contributed by atoms with Crippen molar-refractivity contribution in [2.45, 2.75) is 59.9 Å². The van der Waals surface area contributed by atoms with Gasteiger partial charge in [0.25, 0.3) is 0 Å². The first-order valence-electron chi connectivity index (χ1n) is 7.76. The smallest absolute Gasteiger partial charge is 0.191 e. The molecule has 0 radical (unpaired) electrons. The molecule has 2 N–H and O–H groups in total. The van der Waals surface area contributed by atoms with Gasteiger partial charge in [0.2, 0.25) is 0 Å². The number of guanidine groups is 1. The predicted octanol–water partition coefficient (Wildman–Crippen LogP) is 2.19. The average molecular weight is 320 g/mol. The van der Waals surface area contributed by atoms with Gasteiger partial charge in [-0.1, -0.05) is 20.8 Å². The van der Waals surface area contributed by atoms with Gasteiger partial charge in [-0.05, 0) is 38.5 Å². The number of hydrogen-bond donors (Lipinski definition) is 2. The molecule has 0 aliphatic heterocycles. The van der Waals surface area contributed by atoms with Gasteiger partial charge in [-0.15, -0.1) is 0 Å². The number of hydrogen-bond acceptors (Lipinski definition) is 3. The van der Waals surface area contributed by atoms with E-state index < -0.39 is 9.84 Å². The molecule has 126 valence electrons. The summed E-state index contributed by atoms with van der Waals surface area (Å²) in [5.74, 6) is 0.961. The van der Waals surface area contributed by atoms with E-state index in [0.29, 0.717) is 24.4 Å². The maximum Gasteiger partial charge on any atom is 0.191 e. The largest absolute Gasteiger partial charge is 0.357 e. The number of aliphatic imine (C=N–C) groups is 1. The molecule has 0 bridgehead atoms. The van der Waals surface area contributed by atoms with Gasteiger partial charge in [-0.25, -0.2) is 8.42 Å². The van der Waals surface area contributed by atoms with Crippen LogP contribution in [0.1, 0.15) is 53.9 Å². The topological polar surface area (TPSA) is 70.6 Å². The van der Waals surface area contributed by atoms with Crippen molar-refractivity contribution in [2.75, 3.05) is 25.1 Å². The van der Waals surface area contributed by atoms with Crippen LogP contribution in [0.5, 0.6) is 0 Å². The minimum Gasteiger partial charge on any atom is -0.357 e. The first-order valence-corrected chi connectivity index (χ1v) is 9.82. The Bertz CT molecular complexity index is 411. The molecule has 0 aliphatic rings. The molecule has 1 atom stereocenters. The van der Waals surface area contributed by atoms with Crippen molar-refractivity contribution < 1.29 is 8.42 Å². The highest BCUT2D eigenvalue weighted by Crippen LogP contribution is 2.21. The number of sulfone groups is 1. The summed E-state index contributed by atoms with van der Waals surface area (Å²) >= 11 is 0. The SMILES string of the molecule is CCNC(=NCCCS(C)(=O)=O)NC(C)CCC(C)(C)C. The van der Waals surface area contributed by atoms with Crippen LogP contribution in [0.3, 0.4) is 0 Å². The number of rotatable bonds is 8. The Balaban J connectivity index is 4.27. The summed E-state index contributed by atoms with van der Waals surface area (Å²) in [4.78, 5) is 4.43. The summed E-state index contributed by atoms with van der Waals surface area (Å²) in [6.07, 6.45) is 4.05. The van der Waals surface area contributed by atoms with Crippen LogP contribution < -0.4 is 10.6 Å². The lowest BCUT2D eigenvalue weighted by Gasteiger charge is -2.23. The normalized spacial score (nSPS) is 14.9. The molecule has 6 heteroatoms. The Hall–Kier alpha value is -0.780. The molecule has 21 heavy (non-hydrogen) atoms. The summed E-state index contributed by atoms with van der Waals surface area (Å²) in [7, 11) is -2.89. The highest BCUT2D eigenvalue weighted by molar-refractivity contribution is 7.90. The molecule has 0 heterocycles. The van der Waals surface area contributed by atoms with Crippen molar-refractivity contribution in [3.05, 3.63) is 0 Å². The van der Waals surface area contributed by atoms with Gasteiger partial charge in [0.15, 0.2) is 5.96 Å². The molecule has 5 nitrogen and oxygen atoms in total. The lowest BCUT2D eigenvalue weighted by atomic mass is 9.89. The van der Waals surface area contributed by atoms with Crippen molar-refractivity contribution in [1.29, 1.82) is 0 Å². The number of nitrogens with one attached hydrogen (secondary N) is 2. The zero-order valence-corrected chi connectivity index (χ0v) is 15.3. The van der Waals surface area contributed by atoms with E-state index in [9.17, 15) is 8.42 Å². The average Bonchev–Trinajstić information content (AvgIpc) is 2.30. The van der Waals surface area contributed by atoms with Crippen LogP contribution >= 0.6 is 0 Å². The fraction of sp³-hybridized carbons (Fsp3) is 0.933. The second-order valence-corrected chi connectivity index (χ2v) is 9.15. The van der Waals surface area contributed by atoms with Crippen molar-refractivity contribution >= 4 is 15.8 Å². The standard InChI is InChI=1S/C15H33N3O2S/c1-7-16-14(17-11-8-12-21(6,19)20)18-13(2)9-10-15(3,4)5/h13H,7-12H2,1-6H3,(H2,16,17,18). The molecule has 1 unspecified atom stereocenters. The zero-order chi connectivity index (χ0) is 16.5. The Kier molecular flexibility index (Phi) is 8.94. The van der Waals surface area contributed by atoms with E-state index in [2.05, 4.69) is 43.3 Å². The molecule has 0 aromatic carbocycles. The van der Waals surface area contributed by atoms with Crippen LogP contribution in [0, 0.1) is 5.41 Å². The molecule has 0 aromatic rings. The van der Waals surface area contributed by atoms with Crippen molar-refractivity contribution in [1.82, 2.24) is 10.6 Å². The molecule has 0 amide bonds. The van der Waals surface area contributed by atoms with E-state index in [-0.39, 0.29) is 5.75 Å². The number of nitrogens with zero attached hydrogens (tertiary/aromatic N) is 1. The first-order chi connectivity index (χ1) is 9.53. The molecule has 0 aliphatic carbocycles. The van der Waals surface area contributed by atoms with E-state index >= 15 is 0 Å². The van der Waals surface area contributed by atoms with Crippen molar-refractivity contribution in [3.8, 4) is 0 Å². The lowest BCUT2D eigenvalue weighted by molar-refractivity contribution is 0.346. The molecule has 0 rings (SSSR count). The minimum absolute atomic E-state index is 0.190. The zero-order valence-electron chi connectivity index (χ0n) is 14.5. The summed E-state index contributed by atoms with van der Waals surface area (Å²) in [6, 6.07) is 0.344. The summed E-state index contributed by atoms with van der Waals surface area (Å²) < 4.78 is 22.2. The van der Waals surface area contributed by atoms with Gasteiger partial charge in [0.1, 0.15) is 9.84 Å². The van der Waals surface area contributed by atoms with E-state index in [1.807, 2.05) is 6.92 Å². The van der Waals surface area contributed by atoms with Crippen LogP contribution in [-0.4, -0.2) is 45.5 Å². The Morgan fingerprint density at radius 1 is 1.29 bits per heavy atom. The third kappa shape index (κ3) is 13.9. The molecule has 0 aromatic heterocycles. The van der Waals surface area contributed by atoms with Gasteiger partial charge in [-0.3, -0.25) is 4.99 Å². The van der Waals surface area contributed by atoms with Crippen LogP contribution in [0.25, 0.3) is 0 Å². The Morgan fingerprint density at radius 3 is 2.38 bits per heavy atom. The highest BCUT2D eigenvalue weighted by atomic mass is 32.2. The quantitative estimate of drug-likeness (QED) is 0.409. The maximum atomic E-state index is 11.1.